The first-order chi connectivity index (χ1) is 10.5. The summed E-state index contributed by atoms with van der Waals surface area (Å²) in [5.41, 5.74) is 5.66. The van der Waals surface area contributed by atoms with Crippen molar-refractivity contribution in [3.63, 3.8) is 0 Å². The molecule has 22 heavy (non-hydrogen) atoms. The van der Waals surface area contributed by atoms with Crippen LogP contribution in [0.5, 0.6) is 5.75 Å². The summed E-state index contributed by atoms with van der Waals surface area (Å²) in [6.45, 7) is 0.466. The number of hydrogen-bond acceptors (Lipinski definition) is 4. The monoisotopic (exact) mass is 368 g/mol. The normalized spacial score (nSPS) is 13.8. The van der Waals surface area contributed by atoms with Gasteiger partial charge in [0.1, 0.15) is 5.75 Å². The van der Waals surface area contributed by atoms with Gasteiger partial charge in [-0.15, -0.1) is 23.2 Å². The largest absolute Gasteiger partial charge is 0.426 e. The van der Waals surface area contributed by atoms with Crippen molar-refractivity contribution in [1.29, 1.82) is 0 Å². The van der Waals surface area contributed by atoms with Gasteiger partial charge in [-0.2, -0.15) is 0 Å². The predicted molar refractivity (Wildman–Crippen MR) is 87.5 cm³/mol. The zero-order chi connectivity index (χ0) is 16.4. The molecule has 0 saturated carbocycles. The van der Waals surface area contributed by atoms with Crippen molar-refractivity contribution < 1.29 is 18.6 Å². The van der Waals surface area contributed by atoms with Crippen LogP contribution in [-0.2, 0) is 13.9 Å². The molecule has 1 atom stereocenters. The maximum Gasteiger partial charge on any atom is 0.340 e. The van der Waals surface area contributed by atoms with E-state index >= 15 is 0 Å². The molecule has 0 radical (unpaired) electrons. The first-order valence-electron chi connectivity index (χ1n) is 6.66. The van der Waals surface area contributed by atoms with Crippen molar-refractivity contribution in [2.75, 3.05) is 31.5 Å². The van der Waals surface area contributed by atoms with E-state index in [0.29, 0.717) is 5.75 Å². The van der Waals surface area contributed by atoms with E-state index in [1.165, 1.54) is 4.67 Å². The summed E-state index contributed by atoms with van der Waals surface area (Å²) in [6, 6.07) is 8.64. The molecule has 0 aromatic heterocycles. The highest BCUT2D eigenvalue weighted by Crippen LogP contribution is 2.42. The van der Waals surface area contributed by atoms with Gasteiger partial charge in [0.15, 0.2) is 0 Å². The molecule has 0 heterocycles. The number of para-hydroxylation sites is 1. The predicted octanol–water partition coefficient (Wildman–Crippen LogP) is 2.85. The standard InChI is InChI=1S/C13H19Cl2N2O4P/c14-7-9-17(10-8-15)22(16,19)20-11-6-13(18)21-12-4-2-1-3-5-12/h1-5H,6-11H2,(H2,16,19). The Balaban J connectivity index is 2.40. The number of hydrogen-bond donors (Lipinski definition) is 1. The third kappa shape index (κ3) is 7.09. The van der Waals surface area contributed by atoms with Gasteiger partial charge in [0, 0.05) is 24.8 Å². The topological polar surface area (TPSA) is 81.9 Å². The SMILES string of the molecule is NP(=O)(OCCC(=O)Oc1ccccc1)N(CCCl)CCCl. The molecule has 1 rings (SSSR count). The summed E-state index contributed by atoms with van der Waals surface area (Å²) in [5, 5.41) is 0. The lowest BCUT2D eigenvalue weighted by atomic mass is 10.3. The van der Waals surface area contributed by atoms with Crippen LogP contribution in [0, 0.1) is 0 Å². The number of rotatable bonds is 10. The second-order valence-electron chi connectivity index (χ2n) is 4.27. The molecule has 0 spiro atoms. The molecule has 9 heteroatoms. The summed E-state index contributed by atoms with van der Waals surface area (Å²) in [7, 11) is -3.52. The van der Waals surface area contributed by atoms with Gasteiger partial charge in [0.25, 0.3) is 0 Å². The molecule has 1 aromatic rings. The number of esters is 1. The van der Waals surface area contributed by atoms with Gasteiger partial charge >= 0.3 is 13.6 Å². The molecule has 0 amide bonds. The second kappa shape index (κ2) is 10.2. The molecule has 0 saturated heterocycles. The van der Waals surface area contributed by atoms with Gasteiger partial charge in [-0.3, -0.25) is 9.36 Å². The van der Waals surface area contributed by atoms with Crippen LogP contribution in [0.25, 0.3) is 0 Å². The highest BCUT2D eigenvalue weighted by Gasteiger charge is 2.26. The number of carbonyl (C=O) groups is 1. The van der Waals surface area contributed by atoms with E-state index in [-0.39, 0.29) is 37.9 Å². The van der Waals surface area contributed by atoms with Crippen LogP contribution in [0.4, 0.5) is 0 Å². The molecule has 124 valence electrons. The molecule has 1 unspecified atom stereocenters. The highest BCUT2D eigenvalue weighted by molar-refractivity contribution is 7.53. The lowest BCUT2D eigenvalue weighted by molar-refractivity contribution is -0.134. The van der Waals surface area contributed by atoms with Gasteiger partial charge < -0.3 is 9.26 Å². The molecule has 1 aromatic carbocycles. The molecule has 6 nitrogen and oxygen atoms in total. The molecule has 0 aliphatic carbocycles. The van der Waals surface area contributed by atoms with Crippen molar-refractivity contribution in [2.24, 2.45) is 5.50 Å². The molecular formula is C13H19Cl2N2O4P. The van der Waals surface area contributed by atoms with Crippen LogP contribution >= 0.6 is 30.9 Å². The van der Waals surface area contributed by atoms with Crippen LogP contribution in [0.15, 0.2) is 30.3 Å². The second-order valence-corrected chi connectivity index (χ2v) is 6.97. The first-order valence-corrected chi connectivity index (χ1v) is 9.37. The Kier molecular flexibility index (Phi) is 9.02. The Hall–Kier alpha value is -0.620. The Morgan fingerprint density at radius 2 is 1.77 bits per heavy atom. The number of benzene rings is 1. The van der Waals surface area contributed by atoms with E-state index in [1.54, 1.807) is 24.3 Å². The van der Waals surface area contributed by atoms with Gasteiger partial charge in [-0.25, -0.2) is 10.2 Å². The van der Waals surface area contributed by atoms with Crippen LogP contribution in [0.1, 0.15) is 6.42 Å². The Morgan fingerprint density at radius 1 is 1.18 bits per heavy atom. The Morgan fingerprint density at radius 3 is 2.32 bits per heavy atom. The fourth-order valence-electron chi connectivity index (χ4n) is 1.60. The number of nitrogens with two attached hydrogens (primary N) is 1. The fraction of sp³-hybridized carbons (Fsp3) is 0.462. The number of alkyl halides is 2. The van der Waals surface area contributed by atoms with E-state index in [2.05, 4.69) is 0 Å². The van der Waals surface area contributed by atoms with E-state index in [9.17, 15) is 9.36 Å². The molecule has 0 bridgehead atoms. The maximum atomic E-state index is 12.2. The van der Waals surface area contributed by atoms with Crippen LogP contribution in [0.3, 0.4) is 0 Å². The van der Waals surface area contributed by atoms with Gasteiger partial charge in [-0.05, 0) is 12.1 Å². The van der Waals surface area contributed by atoms with E-state index in [0.717, 1.165) is 0 Å². The lowest BCUT2D eigenvalue weighted by Crippen LogP contribution is -2.30. The third-order valence-electron chi connectivity index (χ3n) is 2.64. The van der Waals surface area contributed by atoms with E-state index in [1.807, 2.05) is 6.07 Å². The molecule has 2 N–H and O–H groups in total. The molecule has 0 fully saturated rings. The quantitative estimate of drug-likeness (QED) is 0.296. The molecule has 0 aliphatic heterocycles. The van der Waals surface area contributed by atoms with Gasteiger partial charge in [0.2, 0.25) is 0 Å². The van der Waals surface area contributed by atoms with Gasteiger partial charge in [0.05, 0.1) is 13.0 Å². The van der Waals surface area contributed by atoms with Crippen LogP contribution in [0.2, 0.25) is 0 Å². The third-order valence-corrected chi connectivity index (χ3v) is 4.72. The zero-order valence-electron chi connectivity index (χ0n) is 12.0. The summed E-state index contributed by atoms with van der Waals surface area (Å²) < 4.78 is 23.9. The van der Waals surface area contributed by atoms with Crippen molar-refractivity contribution in [3.05, 3.63) is 30.3 Å². The average Bonchev–Trinajstić information content (AvgIpc) is 2.48. The highest BCUT2D eigenvalue weighted by atomic mass is 35.5. The van der Waals surface area contributed by atoms with Crippen LogP contribution < -0.4 is 10.2 Å². The first kappa shape index (κ1) is 19.4. The van der Waals surface area contributed by atoms with Crippen molar-refractivity contribution in [3.8, 4) is 5.75 Å². The number of carbonyl (C=O) groups excluding carboxylic acids is 1. The number of nitrogens with zero attached hydrogens (tertiary/aromatic N) is 1. The minimum atomic E-state index is -3.52. The summed E-state index contributed by atoms with van der Waals surface area (Å²) >= 11 is 11.2. The number of ether oxygens (including phenoxy) is 1. The van der Waals surface area contributed by atoms with E-state index in [4.69, 9.17) is 38.0 Å². The average molecular weight is 369 g/mol. The maximum absolute atomic E-state index is 12.2. The lowest BCUT2D eigenvalue weighted by Gasteiger charge is -2.26. The Bertz CT molecular complexity index is 498. The molecular weight excluding hydrogens is 350 g/mol. The summed E-state index contributed by atoms with van der Waals surface area (Å²) in [6.07, 6.45) is -0.0638. The van der Waals surface area contributed by atoms with Crippen molar-refractivity contribution in [1.82, 2.24) is 4.67 Å². The van der Waals surface area contributed by atoms with Crippen LogP contribution in [-0.4, -0.2) is 42.1 Å². The minimum Gasteiger partial charge on any atom is -0.426 e. The van der Waals surface area contributed by atoms with Gasteiger partial charge in [-0.1, -0.05) is 18.2 Å². The Labute approximate surface area is 140 Å². The number of halogens is 2. The zero-order valence-corrected chi connectivity index (χ0v) is 14.4. The smallest absolute Gasteiger partial charge is 0.340 e. The van der Waals surface area contributed by atoms with Crippen molar-refractivity contribution in [2.45, 2.75) is 6.42 Å². The summed E-state index contributed by atoms with van der Waals surface area (Å²) in [4.78, 5) is 11.6. The summed E-state index contributed by atoms with van der Waals surface area (Å²) in [5.74, 6) is 0.441. The van der Waals surface area contributed by atoms with Crippen molar-refractivity contribution >= 4 is 36.8 Å². The molecule has 0 aliphatic rings. The fourth-order valence-corrected chi connectivity index (χ4v) is 3.52. The van der Waals surface area contributed by atoms with E-state index < -0.39 is 13.6 Å². The minimum absolute atomic E-state index is 0.0638.